The predicted octanol–water partition coefficient (Wildman–Crippen LogP) is 2.95. The van der Waals surface area contributed by atoms with E-state index in [0.717, 1.165) is 36.3 Å². The summed E-state index contributed by atoms with van der Waals surface area (Å²) in [7, 11) is 0. The Morgan fingerprint density at radius 1 is 1.29 bits per heavy atom. The number of aromatic amines is 2. The molecule has 0 radical (unpaired) electrons. The molecule has 0 saturated carbocycles. The first-order valence-corrected chi connectivity index (χ1v) is 6.27. The third-order valence-corrected chi connectivity index (χ3v) is 2.73. The van der Waals surface area contributed by atoms with Gasteiger partial charge < -0.3 is 4.98 Å². The van der Waals surface area contributed by atoms with Crippen molar-refractivity contribution in [1.29, 1.82) is 0 Å². The SMILES string of the molecule is CCCc1cnc(-c2cn[nH]c2CC(C)C)[nH]1. The zero-order valence-electron chi connectivity index (χ0n) is 10.7. The number of H-pyrrole nitrogens is 2. The van der Waals surface area contributed by atoms with Gasteiger partial charge in [-0.15, -0.1) is 0 Å². The quantitative estimate of drug-likeness (QED) is 0.832. The molecule has 4 nitrogen and oxygen atoms in total. The van der Waals surface area contributed by atoms with Crippen LogP contribution in [0.3, 0.4) is 0 Å². The molecule has 0 amide bonds. The van der Waals surface area contributed by atoms with Crippen LogP contribution in [0, 0.1) is 5.92 Å². The van der Waals surface area contributed by atoms with E-state index in [1.165, 1.54) is 5.69 Å². The highest BCUT2D eigenvalue weighted by Gasteiger charge is 2.12. The Balaban J connectivity index is 2.23. The van der Waals surface area contributed by atoms with E-state index in [2.05, 4.69) is 40.9 Å². The van der Waals surface area contributed by atoms with Crippen molar-refractivity contribution in [2.45, 2.75) is 40.0 Å². The monoisotopic (exact) mass is 232 g/mol. The smallest absolute Gasteiger partial charge is 0.140 e. The highest BCUT2D eigenvalue weighted by Crippen LogP contribution is 2.21. The molecule has 0 aliphatic heterocycles. The molecule has 2 rings (SSSR count). The second-order valence-corrected chi connectivity index (χ2v) is 4.87. The molecule has 2 aromatic heterocycles. The maximum absolute atomic E-state index is 4.43. The van der Waals surface area contributed by atoms with Gasteiger partial charge in [-0.05, 0) is 18.8 Å². The van der Waals surface area contributed by atoms with E-state index < -0.39 is 0 Å². The minimum atomic E-state index is 0.610. The molecular weight excluding hydrogens is 212 g/mol. The zero-order valence-corrected chi connectivity index (χ0v) is 10.7. The van der Waals surface area contributed by atoms with Crippen LogP contribution in [0.5, 0.6) is 0 Å². The van der Waals surface area contributed by atoms with Crippen molar-refractivity contribution < 1.29 is 0 Å². The van der Waals surface area contributed by atoms with Crippen molar-refractivity contribution in [1.82, 2.24) is 20.2 Å². The van der Waals surface area contributed by atoms with Crippen molar-refractivity contribution >= 4 is 0 Å². The van der Waals surface area contributed by atoms with E-state index in [0.29, 0.717) is 5.92 Å². The molecule has 0 bridgehead atoms. The van der Waals surface area contributed by atoms with Crippen LogP contribution < -0.4 is 0 Å². The van der Waals surface area contributed by atoms with Crippen LogP contribution in [-0.4, -0.2) is 20.2 Å². The highest BCUT2D eigenvalue weighted by molar-refractivity contribution is 5.57. The Morgan fingerprint density at radius 2 is 2.12 bits per heavy atom. The minimum Gasteiger partial charge on any atom is -0.342 e. The lowest BCUT2D eigenvalue weighted by atomic mass is 10.1. The average molecular weight is 232 g/mol. The maximum Gasteiger partial charge on any atom is 0.140 e. The molecule has 0 aromatic carbocycles. The van der Waals surface area contributed by atoms with Crippen molar-refractivity contribution in [2.24, 2.45) is 5.92 Å². The summed E-state index contributed by atoms with van der Waals surface area (Å²) in [6.07, 6.45) is 6.95. The van der Waals surface area contributed by atoms with Gasteiger partial charge >= 0.3 is 0 Å². The summed E-state index contributed by atoms with van der Waals surface area (Å²) in [5.41, 5.74) is 3.46. The average Bonchev–Trinajstić information content (AvgIpc) is 2.86. The summed E-state index contributed by atoms with van der Waals surface area (Å²) < 4.78 is 0. The van der Waals surface area contributed by atoms with E-state index in [4.69, 9.17) is 0 Å². The summed E-state index contributed by atoms with van der Waals surface area (Å²) in [6, 6.07) is 0. The first-order valence-electron chi connectivity index (χ1n) is 6.27. The second kappa shape index (κ2) is 5.17. The van der Waals surface area contributed by atoms with E-state index in [1.807, 2.05) is 12.4 Å². The summed E-state index contributed by atoms with van der Waals surface area (Å²) in [6.45, 7) is 6.58. The number of aromatic nitrogens is 4. The Hall–Kier alpha value is -1.58. The number of hydrogen-bond donors (Lipinski definition) is 2. The van der Waals surface area contributed by atoms with Gasteiger partial charge in [0.05, 0.1) is 11.8 Å². The Labute approximate surface area is 102 Å². The summed E-state index contributed by atoms with van der Waals surface area (Å²) in [4.78, 5) is 7.79. The number of imidazole rings is 1. The van der Waals surface area contributed by atoms with Crippen LogP contribution in [0.25, 0.3) is 11.4 Å². The fourth-order valence-corrected chi connectivity index (χ4v) is 1.97. The van der Waals surface area contributed by atoms with Gasteiger partial charge in [-0.3, -0.25) is 5.10 Å². The third kappa shape index (κ3) is 2.75. The molecule has 0 aliphatic carbocycles. The molecule has 0 unspecified atom stereocenters. The number of nitrogens with zero attached hydrogens (tertiary/aromatic N) is 2. The molecule has 17 heavy (non-hydrogen) atoms. The van der Waals surface area contributed by atoms with Gasteiger partial charge in [0.25, 0.3) is 0 Å². The molecule has 0 atom stereocenters. The van der Waals surface area contributed by atoms with Crippen molar-refractivity contribution in [3.05, 3.63) is 23.8 Å². The predicted molar refractivity (Wildman–Crippen MR) is 68.7 cm³/mol. The first kappa shape index (κ1) is 11.9. The normalized spacial score (nSPS) is 11.3. The Bertz CT molecular complexity index is 467. The van der Waals surface area contributed by atoms with Gasteiger partial charge in [0, 0.05) is 17.6 Å². The number of aryl methyl sites for hydroxylation is 1. The van der Waals surface area contributed by atoms with Crippen LogP contribution in [0.2, 0.25) is 0 Å². The zero-order chi connectivity index (χ0) is 12.3. The number of hydrogen-bond acceptors (Lipinski definition) is 2. The standard InChI is InChI=1S/C13H20N4/c1-4-5-10-7-14-13(16-10)11-8-15-17-12(11)6-9(2)3/h7-9H,4-6H2,1-3H3,(H,14,16)(H,15,17). The van der Waals surface area contributed by atoms with Gasteiger partial charge in [0.1, 0.15) is 5.82 Å². The van der Waals surface area contributed by atoms with Crippen LogP contribution in [-0.2, 0) is 12.8 Å². The van der Waals surface area contributed by atoms with Crippen molar-refractivity contribution in [3.8, 4) is 11.4 Å². The van der Waals surface area contributed by atoms with Gasteiger partial charge in [-0.2, -0.15) is 5.10 Å². The number of nitrogens with one attached hydrogen (secondary N) is 2. The van der Waals surface area contributed by atoms with Gasteiger partial charge in [-0.25, -0.2) is 4.98 Å². The van der Waals surface area contributed by atoms with E-state index >= 15 is 0 Å². The molecule has 2 aromatic rings. The highest BCUT2D eigenvalue weighted by atomic mass is 15.1. The van der Waals surface area contributed by atoms with Crippen molar-refractivity contribution in [2.75, 3.05) is 0 Å². The largest absolute Gasteiger partial charge is 0.342 e. The summed E-state index contributed by atoms with van der Waals surface area (Å²) in [5.74, 6) is 1.54. The third-order valence-electron chi connectivity index (χ3n) is 2.73. The fourth-order valence-electron chi connectivity index (χ4n) is 1.97. The molecule has 0 fully saturated rings. The molecule has 92 valence electrons. The van der Waals surface area contributed by atoms with Gasteiger partial charge in [-0.1, -0.05) is 27.2 Å². The molecule has 2 heterocycles. The lowest BCUT2D eigenvalue weighted by Crippen LogP contribution is -1.97. The topological polar surface area (TPSA) is 57.4 Å². The molecule has 4 heteroatoms. The first-order chi connectivity index (χ1) is 8.20. The number of rotatable bonds is 5. The maximum atomic E-state index is 4.43. The van der Waals surface area contributed by atoms with E-state index in [9.17, 15) is 0 Å². The Kier molecular flexibility index (Phi) is 3.61. The second-order valence-electron chi connectivity index (χ2n) is 4.87. The molecule has 2 N–H and O–H groups in total. The summed E-state index contributed by atoms with van der Waals surface area (Å²) >= 11 is 0. The molecule has 0 saturated heterocycles. The van der Waals surface area contributed by atoms with Crippen LogP contribution in [0.1, 0.15) is 38.6 Å². The molecule has 0 aliphatic rings. The van der Waals surface area contributed by atoms with Gasteiger partial charge in [0.15, 0.2) is 0 Å². The molecule has 0 spiro atoms. The lowest BCUT2D eigenvalue weighted by Gasteiger charge is -2.03. The van der Waals surface area contributed by atoms with E-state index in [-0.39, 0.29) is 0 Å². The van der Waals surface area contributed by atoms with Gasteiger partial charge in [0.2, 0.25) is 0 Å². The van der Waals surface area contributed by atoms with Crippen LogP contribution in [0.15, 0.2) is 12.4 Å². The van der Waals surface area contributed by atoms with Crippen molar-refractivity contribution in [3.63, 3.8) is 0 Å². The summed E-state index contributed by atoms with van der Waals surface area (Å²) in [5, 5.41) is 7.19. The van der Waals surface area contributed by atoms with E-state index in [1.54, 1.807) is 0 Å². The molecular formula is C13H20N4. The van der Waals surface area contributed by atoms with Crippen LogP contribution >= 0.6 is 0 Å². The fraction of sp³-hybridized carbons (Fsp3) is 0.538. The lowest BCUT2D eigenvalue weighted by molar-refractivity contribution is 0.634. The minimum absolute atomic E-state index is 0.610. The van der Waals surface area contributed by atoms with Crippen LogP contribution in [0.4, 0.5) is 0 Å². The Morgan fingerprint density at radius 3 is 2.82 bits per heavy atom.